The lowest BCUT2D eigenvalue weighted by molar-refractivity contribution is -0.141. The topological polar surface area (TPSA) is 80.3 Å². The Morgan fingerprint density at radius 1 is 1.09 bits per heavy atom. The van der Waals surface area contributed by atoms with Gasteiger partial charge in [-0.15, -0.1) is 0 Å². The summed E-state index contributed by atoms with van der Waals surface area (Å²) in [7, 11) is 0. The van der Waals surface area contributed by atoms with Crippen LogP contribution in [0.2, 0.25) is 0 Å². The molecule has 0 amide bonds. The Morgan fingerprint density at radius 2 is 1.97 bits per heavy atom. The standard InChI is InChI=1S/C22H21F3N6O/c23-22(24,25)19-7-9-31(29-19)21-10-14(6-8-26-21)18-12-27-20-5-4-16(13-30(18)20)28-15-2-1-3-17(32)11-15/h4-10,12-13,15,17,28,32H,1-3,11H2/t15-,17-/m1/s1. The lowest BCUT2D eigenvalue weighted by Crippen LogP contribution is -2.29. The van der Waals surface area contributed by atoms with Gasteiger partial charge in [0.1, 0.15) is 5.65 Å². The summed E-state index contributed by atoms with van der Waals surface area (Å²) in [6.07, 6.45) is 5.19. The van der Waals surface area contributed by atoms with Crippen molar-refractivity contribution in [3.05, 3.63) is 60.8 Å². The van der Waals surface area contributed by atoms with Crippen LogP contribution < -0.4 is 5.32 Å². The van der Waals surface area contributed by atoms with E-state index < -0.39 is 11.9 Å². The number of rotatable bonds is 4. The monoisotopic (exact) mass is 442 g/mol. The van der Waals surface area contributed by atoms with Crippen LogP contribution in [0.3, 0.4) is 0 Å². The van der Waals surface area contributed by atoms with Gasteiger partial charge in [-0.05, 0) is 56.0 Å². The molecule has 2 atom stereocenters. The fourth-order valence-electron chi connectivity index (χ4n) is 4.12. The average molecular weight is 442 g/mol. The van der Waals surface area contributed by atoms with Crippen LogP contribution in [0.25, 0.3) is 22.7 Å². The van der Waals surface area contributed by atoms with Crippen molar-refractivity contribution in [3.63, 3.8) is 0 Å². The van der Waals surface area contributed by atoms with Crippen molar-refractivity contribution in [2.45, 2.75) is 44.0 Å². The molecule has 1 fully saturated rings. The number of halogens is 3. The van der Waals surface area contributed by atoms with Gasteiger partial charge in [-0.1, -0.05) is 0 Å². The molecule has 1 saturated carbocycles. The van der Waals surface area contributed by atoms with E-state index in [0.717, 1.165) is 52.6 Å². The van der Waals surface area contributed by atoms with E-state index in [9.17, 15) is 18.3 Å². The zero-order chi connectivity index (χ0) is 22.3. The van der Waals surface area contributed by atoms with E-state index in [1.165, 1.54) is 12.4 Å². The molecule has 1 aliphatic carbocycles. The minimum absolute atomic E-state index is 0.207. The Morgan fingerprint density at radius 3 is 2.75 bits per heavy atom. The molecule has 0 aromatic carbocycles. The number of pyridine rings is 2. The van der Waals surface area contributed by atoms with E-state index in [1.54, 1.807) is 18.3 Å². The lowest BCUT2D eigenvalue weighted by Gasteiger charge is -2.27. The third-order valence-electron chi connectivity index (χ3n) is 5.68. The van der Waals surface area contributed by atoms with Crippen LogP contribution in [-0.2, 0) is 6.18 Å². The molecule has 32 heavy (non-hydrogen) atoms. The molecule has 2 N–H and O–H groups in total. The molecule has 0 aliphatic heterocycles. The smallest absolute Gasteiger partial charge is 0.393 e. The van der Waals surface area contributed by atoms with E-state index in [2.05, 4.69) is 20.4 Å². The van der Waals surface area contributed by atoms with Crippen molar-refractivity contribution in [2.75, 3.05) is 5.32 Å². The molecule has 4 aromatic rings. The highest BCUT2D eigenvalue weighted by Crippen LogP contribution is 2.29. The number of hydrogen-bond acceptors (Lipinski definition) is 5. The summed E-state index contributed by atoms with van der Waals surface area (Å²) in [5, 5.41) is 17.0. The zero-order valence-corrected chi connectivity index (χ0v) is 17.0. The average Bonchev–Trinajstić information content (AvgIpc) is 3.41. The van der Waals surface area contributed by atoms with Gasteiger partial charge in [-0.2, -0.15) is 18.3 Å². The number of aliphatic hydroxyl groups excluding tert-OH is 1. The summed E-state index contributed by atoms with van der Waals surface area (Å²) < 4.78 is 41.7. The van der Waals surface area contributed by atoms with Crippen LogP contribution >= 0.6 is 0 Å². The van der Waals surface area contributed by atoms with Crippen molar-refractivity contribution < 1.29 is 18.3 Å². The van der Waals surface area contributed by atoms with E-state index in [1.807, 2.05) is 22.7 Å². The van der Waals surface area contributed by atoms with Crippen LogP contribution in [0, 0.1) is 0 Å². The van der Waals surface area contributed by atoms with Crippen LogP contribution in [0.4, 0.5) is 18.9 Å². The summed E-state index contributed by atoms with van der Waals surface area (Å²) >= 11 is 0. The van der Waals surface area contributed by atoms with E-state index in [-0.39, 0.29) is 18.0 Å². The SMILES string of the molecule is O[C@@H]1CCC[C@@H](Nc2ccc3ncc(-c4ccnc(-n5ccc(C(F)(F)F)n5)c4)n3c2)C1. The maximum atomic E-state index is 12.9. The van der Waals surface area contributed by atoms with Crippen LogP contribution in [0.5, 0.6) is 0 Å². The Kier molecular flexibility index (Phi) is 5.09. The predicted octanol–water partition coefficient (Wildman–Crippen LogP) is 4.32. The van der Waals surface area contributed by atoms with E-state index in [0.29, 0.717) is 6.42 Å². The number of hydrogen-bond donors (Lipinski definition) is 2. The Hall–Kier alpha value is -3.40. The van der Waals surface area contributed by atoms with Gasteiger partial charge >= 0.3 is 6.18 Å². The number of aromatic nitrogens is 5. The quantitative estimate of drug-likeness (QED) is 0.492. The third kappa shape index (κ3) is 4.05. The van der Waals surface area contributed by atoms with Gasteiger partial charge in [-0.25, -0.2) is 14.6 Å². The van der Waals surface area contributed by atoms with Gasteiger partial charge in [0.2, 0.25) is 0 Å². The highest BCUT2D eigenvalue weighted by atomic mass is 19.4. The van der Waals surface area contributed by atoms with E-state index >= 15 is 0 Å². The first kappa shape index (κ1) is 20.5. The summed E-state index contributed by atoms with van der Waals surface area (Å²) in [5.41, 5.74) is 2.21. The second-order valence-corrected chi connectivity index (χ2v) is 8.00. The van der Waals surface area contributed by atoms with Crippen molar-refractivity contribution in [2.24, 2.45) is 0 Å². The molecular formula is C22H21F3N6O. The summed E-state index contributed by atoms with van der Waals surface area (Å²) in [6, 6.07) is 8.43. The number of fused-ring (bicyclic) bond motifs is 1. The largest absolute Gasteiger partial charge is 0.435 e. The minimum atomic E-state index is -4.51. The first-order chi connectivity index (χ1) is 15.4. The maximum absolute atomic E-state index is 12.9. The molecular weight excluding hydrogens is 421 g/mol. The first-order valence-corrected chi connectivity index (χ1v) is 10.4. The molecule has 0 saturated heterocycles. The van der Waals surface area contributed by atoms with Gasteiger partial charge in [0, 0.05) is 30.2 Å². The molecule has 0 radical (unpaired) electrons. The molecule has 4 heterocycles. The molecule has 166 valence electrons. The second-order valence-electron chi connectivity index (χ2n) is 8.00. The number of aliphatic hydroxyl groups is 1. The van der Waals surface area contributed by atoms with Gasteiger partial charge in [0.25, 0.3) is 0 Å². The molecule has 10 heteroatoms. The Bertz CT molecular complexity index is 1250. The highest BCUT2D eigenvalue weighted by Gasteiger charge is 2.33. The molecule has 5 rings (SSSR count). The molecule has 1 aliphatic rings. The maximum Gasteiger partial charge on any atom is 0.435 e. The molecule has 0 unspecified atom stereocenters. The fourth-order valence-corrected chi connectivity index (χ4v) is 4.12. The summed E-state index contributed by atoms with van der Waals surface area (Å²) in [4.78, 5) is 8.60. The third-order valence-corrected chi connectivity index (χ3v) is 5.68. The van der Waals surface area contributed by atoms with Crippen LogP contribution in [0.1, 0.15) is 31.4 Å². The first-order valence-electron chi connectivity index (χ1n) is 10.4. The number of nitrogens with one attached hydrogen (secondary N) is 1. The number of imidazole rings is 1. The van der Waals surface area contributed by atoms with Crippen LogP contribution in [-0.4, -0.2) is 41.4 Å². The predicted molar refractivity (Wildman–Crippen MR) is 112 cm³/mol. The van der Waals surface area contributed by atoms with Gasteiger partial charge in [0.05, 0.1) is 23.7 Å². The second kappa shape index (κ2) is 7.94. The van der Waals surface area contributed by atoms with Crippen molar-refractivity contribution >= 4 is 11.3 Å². The molecule has 0 spiro atoms. The van der Waals surface area contributed by atoms with Crippen molar-refractivity contribution in [3.8, 4) is 17.1 Å². The number of alkyl halides is 3. The number of anilines is 1. The number of nitrogens with zero attached hydrogens (tertiary/aromatic N) is 5. The lowest BCUT2D eigenvalue weighted by atomic mass is 9.93. The zero-order valence-electron chi connectivity index (χ0n) is 17.0. The van der Waals surface area contributed by atoms with Gasteiger partial charge in [-0.3, -0.25) is 4.40 Å². The van der Waals surface area contributed by atoms with Gasteiger partial charge in [0.15, 0.2) is 11.5 Å². The molecule has 0 bridgehead atoms. The minimum Gasteiger partial charge on any atom is -0.393 e. The normalized spacial score (nSPS) is 19.4. The van der Waals surface area contributed by atoms with Crippen molar-refractivity contribution in [1.29, 1.82) is 0 Å². The Labute approximate surface area is 181 Å². The Balaban J connectivity index is 1.45. The van der Waals surface area contributed by atoms with Crippen LogP contribution in [0.15, 0.2) is 55.1 Å². The summed E-state index contributed by atoms with van der Waals surface area (Å²) in [6.45, 7) is 0. The molecule has 4 aromatic heterocycles. The fraction of sp³-hybridized carbons (Fsp3) is 0.318. The highest BCUT2D eigenvalue weighted by molar-refractivity contribution is 5.66. The van der Waals surface area contributed by atoms with Gasteiger partial charge < -0.3 is 10.4 Å². The summed E-state index contributed by atoms with van der Waals surface area (Å²) in [5.74, 6) is 0.276. The molecule has 7 nitrogen and oxygen atoms in total. The van der Waals surface area contributed by atoms with E-state index in [4.69, 9.17) is 0 Å². The van der Waals surface area contributed by atoms with Crippen molar-refractivity contribution in [1.82, 2.24) is 24.1 Å².